The summed E-state index contributed by atoms with van der Waals surface area (Å²) in [4.78, 5) is 0. The van der Waals surface area contributed by atoms with Gasteiger partial charge in [-0.1, -0.05) is 18.2 Å². The van der Waals surface area contributed by atoms with Gasteiger partial charge in [0.15, 0.2) is 0 Å². The molecule has 0 fully saturated rings. The van der Waals surface area contributed by atoms with Crippen molar-refractivity contribution in [1.82, 2.24) is 5.32 Å². The summed E-state index contributed by atoms with van der Waals surface area (Å²) < 4.78 is 13.4. The van der Waals surface area contributed by atoms with Crippen LogP contribution in [0.2, 0.25) is 0 Å². The topological polar surface area (TPSA) is 52.5 Å². The van der Waals surface area contributed by atoms with E-state index >= 15 is 0 Å². The molecule has 0 saturated carbocycles. The van der Waals surface area contributed by atoms with Crippen LogP contribution in [0.4, 0.5) is 4.39 Å². The van der Waals surface area contributed by atoms with Crippen LogP contribution < -0.4 is 5.32 Å². The number of phenols is 2. The average Bonchev–Trinajstić information content (AvgIpc) is 2.39. The summed E-state index contributed by atoms with van der Waals surface area (Å²) in [5.74, 6) is -0.137. The van der Waals surface area contributed by atoms with Crippen LogP contribution in [0, 0.1) is 5.82 Å². The summed E-state index contributed by atoms with van der Waals surface area (Å²) in [5, 5.41) is 22.1. The molecule has 3 nitrogen and oxygen atoms in total. The van der Waals surface area contributed by atoms with Crippen LogP contribution in [-0.4, -0.2) is 16.8 Å². The fraction of sp³-hybridized carbons (Fsp3) is 0.250. The molecule has 0 saturated heterocycles. The number of rotatable bonds is 5. The van der Waals surface area contributed by atoms with Gasteiger partial charge in [-0.15, -0.1) is 0 Å². The van der Waals surface area contributed by atoms with Gasteiger partial charge in [-0.2, -0.15) is 0 Å². The molecule has 20 heavy (non-hydrogen) atoms. The van der Waals surface area contributed by atoms with Gasteiger partial charge in [0.1, 0.15) is 17.3 Å². The van der Waals surface area contributed by atoms with Crippen LogP contribution in [0.25, 0.3) is 0 Å². The third-order valence-electron chi connectivity index (χ3n) is 3.23. The fourth-order valence-electron chi connectivity index (χ4n) is 2.11. The van der Waals surface area contributed by atoms with Crippen LogP contribution in [0.3, 0.4) is 0 Å². The molecule has 0 heterocycles. The lowest BCUT2D eigenvalue weighted by atomic mass is 10.1. The normalized spacial score (nSPS) is 12.3. The number of nitrogens with one attached hydrogen (secondary N) is 1. The van der Waals surface area contributed by atoms with Crippen LogP contribution in [-0.2, 0) is 6.42 Å². The minimum atomic E-state index is -0.197. The molecule has 2 aromatic rings. The molecule has 0 bridgehead atoms. The SMILES string of the molecule is CC(NCCc1ccccc1F)c1cc(O)cc(O)c1. The van der Waals surface area contributed by atoms with Gasteiger partial charge < -0.3 is 15.5 Å². The quantitative estimate of drug-likeness (QED) is 0.785. The molecule has 1 unspecified atom stereocenters. The summed E-state index contributed by atoms with van der Waals surface area (Å²) in [5.41, 5.74) is 1.46. The molecule has 4 heteroatoms. The molecule has 2 aromatic carbocycles. The maximum atomic E-state index is 13.4. The first-order chi connectivity index (χ1) is 9.56. The molecular formula is C16H18FNO2. The van der Waals surface area contributed by atoms with Gasteiger partial charge in [0.05, 0.1) is 0 Å². The Balaban J connectivity index is 1.92. The van der Waals surface area contributed by atoms with Crippen LogP contribution in [0.1, 0.15) is 24.1 Å². The molecule has 0 aliphatic carbocycles. The third kappa shape index (κ3) is 3.71. The number of phenolic OH excluding ortho intramolecular Hbond substituents is 2. The van der Waals surface area contributed by atoms with Crippen molar-refractivity contribution < 1.29 is 14.6 Å². The average molecular weight is 275 g/mol. The van der Waals surface area contributed by atoms with Crippen LogP contribution in [0.15, 0.2) is 42.5 Å². The smallest absolute Gasteiger partial charge is 0.126 e. The van der Waals surface area contributed by atoms with E-state index in [-0.39, 0.29) is 23.4 Å². The highest BCUT2D eigenvalue weighted by Gasteiger charge is 2.08. The van der Waals surface area contributed by atoms with Gasteiger partial charge >= 0.3 is 0 Å². The molecule has 0 radical (unpaired) electrons. The van der Waals surface area contributed by atoms with E-state index < -0.39 is 0 Å². The van der Waals surface area contributed by atoms with Crippen molar-refractivity contribution in [2.75, 3.05) is 6.54 Å². The van der Waals surface area contributed by atoms with Gasteiger partial charge in [-0.3, -0.25) is 0 Å². The molecular weight excluding hydrogens is 257 g/mol. The van der Waals surface area contributed by atoms with E-state index in [0.29, 0.717) is 18.5 Å². The van der Waals surface area contributed by atoms with Gasteiger partial charge in [0.2, 0.25) is 0 Å². The molecule has 1 atom stereocenters. The highest BCUT2D eigenvalue weighted by atomic mass is 19.1. The number of halogens is 1. The Morgan fingerprint density at radius 2 is 1.75 bits per heavy atom. The van der Waals surface area contributed by atoms with Crippen molar-refractivity contribution in [1.29, 1.82) is 0 Å². The predicted molar refractivity (Wildman–Crippen MR) is 76.3 cm³/mol. The molecule has 2 rings (SSSR count). The molecule has 0 spiro atoms. The van der Waals surface area contributed by atoms with Gasteiger partial charge in [0.25, 0.3) is 0 Å². The number of hydrogen-bond donors (Lipinski definition) is 3. The number of benzene rings is 2. The third-order valence-corrected chi connectivity index (χ3v) is 3.23. The monoisotopic (exact) mass is 275 g/mol. The molecule has 0 aliphatic heterocycles. The minimum absolute atomic E-state index is 0.0303. The Bertz CT molecular complexity index is 566. The largest absolute Gasteiger partial charge is 0.508 e. The molecule has 0 aromatic heterocycles. The van der Waals surface area contributed by atoms with Crippen LogP contribution in [0.5, 0.6) is 11.5 Å². The van der Waals surface area contributed by atoms with Gasteiger partial charge in [-0.25, -0.2) is 4.39 Å². The molecule has 106 valence electrons. The van der Waals surface area contributed by atoms with E-state index in [9.17, 15) is 14.6 Å². The zero-order valence-electron chi connectivity index (χ0n) is 11.3. The molecule has 0 amide bonds. The van der Waals surface area contributed by atoms with Gasteiger partial charge in [0, 0.05) is 12.1 Å². The van der Waals surface area contributed by atoms with E-state index in [4.69, 9.17) is 0 Å². The zero-order chi connectivity index (χ0) is 14.5. The highest BCUT2D eigenvalue weighted by molar-refractivity contribution is 5.37. The number of aromatic hydroxyl groups is 2. The summed E-state index contributed by atoms with van der Waals surface area (Å²) in [6.07, 6.45) is 0.585. The second-order valence-corrected chi connectivity index (χ2v) is 4.80. The summed E-state index contributed by atoms with van der Waals surface area (Å²) in [6, 6.07) is 11.1. The maximum absolute atomic E-state index is 13.4. The van der Waals surface area contributed by atoms with Crippen molar-refractivity contribution >= 4 is 0 Å². The van der Waals surface area contributed by atoms with E-state index in [2.05, 4.69) is 5.32 Å². The zero-order valence-corrected chi connectivity index (χ0v) is 11.3. The van der Waals surface area contributed by atoms with Gasteiger partial charge in [-0.05, 0) is 49.2 Å². The summed E-state index contributed by atoms with van der Waals surface area (Å²) in [7, 11) is 0. The van der Waals surface area contributed by atoms with Crippen molar-refractivity contribution in [3.63, 3.8) is 0 Å². The van der Waals surface area contributed by atoms with Crippen molar-refractivity contribution in [3.8, 4) is 11.5 Å². The first-order valence-corrected chi connectivity index (χ1v) is 6.56. The van der Waals surface area contributed by atoms with E-state index in [0.717, 1.165) is 5.56 Å². The Morgan fingerprint density at radius 1 is 1.10 bits per heavy atom. The second kappa shape index (κ2) is 6.39. The minimum Gasteiger partial charge on any atom is -0.508 e. The first-order valence-electron chi connectivity index (χ1n) is 6.56. The Kier molecular flexibility index (Phi) is 4.58. The highest BCUT2D eigenvalue weighted by Crippen LogP contribution is 2.24. The van der Waals surface area contributed by atoms with Crippen molar-refractivity contribution in [2.45, 2.75) is 19.4 Å². The maximum Gasteiger partial charge on any atom is 0.126 e. The van der Waals surface area contributed by atoms with Crippen molar-refractivity contribution in [3.05, 3.63) is 59.4 Å². The Labute approximate surface area is 117 Å². The standard InChI is InChI=1S/C16H18FNO2/c1-11(13-8-14(19)10-15(20)9-13)18-7-6-12-4-2-3-5-16(12)17/h2-5,8-11,18-20H,6-7H2,1H3. The lowest BCUT2D eigenvalue weighted by Crippen LogP contribution is -2.21. The Hall–Kier alpha value is -2.07. The van der Waals surface area contributed by atoms with Crippen LogP contribution >= 0.6 is 0 Å². The predicted octanol–water partition coefficient (Wildman–Crippen LogP) is 3.13. The van der Waals surface area contributed by atoms with E-state index in [1.165, 1.54) is 12.1 Å². The Morgan fingerprint density at radius 3 is 2.40 bits per heavy atom. The fourth-order valence-corrected chi connectivity index (χ4v) is 2.11. The van der Waals surface area contributed by atoms with Crippen molar-refractivity contribution in [2.24, 2.45) is 0 Å². The first kappa shape index (κ1) is 14.3. The van der Waals surface area contributed by atoms with E-state index in [1.54, 1.807) is 24.3 Å². The summed E-state index contributed by atoms with van der Waals surface area (Å²) >= 11 is 0. The van der Waals surface area contributed by atoms with E-state index in [1.807, 2.05) is 13.0 Å². The number of hydrogen-bond acceptors (Lipinski definition) is 3. The molecule has 0 aliphatic rings. The lowest BCUT2D eigenvalue weighted by Gasteiger charge is -2.15. The lowest BCUT2D eigenvalue weighted by molar-refractivity contribution is 0.446. The molecule has 3 N–H and O–H groups in total. The summed E-state index contributed by atoms with van der Waals surface area (Å²) in [6.45, 7) is 2.54. The second-order valence-electron chi connectivity index (χ2n) is 4.80.